The van der Waals surface area contributed by atoms with E-state index >= 15 is 0 Å². The van der Waals surface area contributed by atoms with Crippen LogP contribution in [0.5, 0.6) is 0 Å². The minimum absolute atomic E-state index is 0.170. The van der Waals surface area contributed by atoms with Crippen LogP contribution in [0.3, 0.4) is 0 Å². The van der Waals surface area contributed by atoms with Gasteiger partial charge in [-0.05, 0) is 23.3 Å². The molecule has 0 saturated carbocycles. The predicted molar refractivity (Wildman–Crippen MR) is 95.5 cm³/mol. The minimum Gasteiger partial charge on any atom is -0.465 e. The highest BCUT2D eigenvalue weighted by atomic mass is 16.5. The van der Waals surface area contributed by atoms with Gasteiger partial charge in [0.1, 0.15) is 0 Å². The second-order valence-corrected chi connectivity index (χ2v) is 7.18. The number of ether oxygens (including phenoxy) is 2. The molecule has 4 rings (SSSR count). The van der Waals surface area contributed by atoms with Crippen molar-refractivity contribution in [3.05, 3.63) is 71.3 Å². The van der Waals surface area contributed by atoms with Crippen LogP contribution in [-0.2, 0) is 16.0 Å². The number of nitrogens with zero attached hydrogens (tertiary/aromatic N) is 1. The van der Waals surface area contributed by atoms with Crippen LogP contribution in [0.15, 0.2) is 54.6 Å². The lowest BCUT2D eigenvalue weighted by molar-refractivity contribution is -0.113. The van der Waals surface area contributed by atoms with Crippen LogP contribution in [0.25, 0.3) is 0 Å². The number of methoxy groups -OCH3 is 1. The van der Waals surface area contributed by atoms with Crippen LogP contribution in [0.1, 0.15) is 27.4 Å². The number of carbonyl (C=O) groups excluding carboxylic acids is 1. The molecule has 0 radical (unpaired) electrons. The Balaban J connectivity index is 1.57. The third-order valence-electron chi connectivity index (χ3n) is 5.46. The molecule has 4 nitrogen and oxygen atoms in total. The average molecular weight is 337 g/mol. The summed E-state index contributed by atoms with van der Waals surface area (Å²) in [5, 5.41) is 0. The molecule has 4 heteroatoms. The number of rotatable bonds is 4. The lowest BCUT2D eigenvalue weighted by Gasteiger charge is -2.42. The number of hydrogen-bond acceptors (Lipinski definition) is 4. The van der Waals surface area contributed by atoms with E-state index < -0.39 is 0 Å². The van der Waals surface area contributed by atoms with Crippen LogP contribution >= 0.6 is 0 Å². The molecular weight excluding hydrogens is 314 g/mol. The molecule has 0 bridgehead atoms. The van der Waals surface area contributed by atoms with Crippen molar-refractivity contribution in [2.45, 2.75) is 12.5 Å². The predicted octanol–water partition coefficient (Wildman–Crippen LogP) is 3.09. The molecule has 1 spiro atoms. The molecule has 2 aromatic carbocycles. The maximum atomic E-state index is 11.9. The first-order valence-electron chi connectivity index (χ1n) is 8.72. The summed E-state index contributed by atoms with van der Waals surface area (Å²) < 4.78 is 10.5. The zero-order valence-electron chi connectivity index (χ0n) is 14.5. The third kappa shape index (κ3) is 3.08. The Labute approximate surface area is 148 Å². The fourth-order valence-corrected chi connectivity index (χ4v) is 4.15. The smallest absolute Gasteiger partial charge is 0.337 e. The van der Waals surface area contributed by atoms with Gasteiger partial charge in [0.25, 0.3) is 0 Å². The first-order chi connectivity index (χ1) is 12.2. The molecule has 2 saturated heterocycles. The van der Waals surface area contributed by atoms with E-state index in [9.17, 15) is 4.79 Å². The van der Waals surface area contributed by atoms with E-state index in [1.165, 1.54) is 18.2 Å². The molecule has 0 aliphatic carbocycles. The van der Waals surface area contributed by atoms with Gasteiger partial charge < -0.3 is 9.47 Å². The minimum atomic E-state index is -0.278. The van der Waals surface area contributed by atoms with E-state index in [4.69, 9.17) is 9.47 Å². The van der Waals surface area contributed by atoms with Crippen molar-refractivity contribution in [1.82, 2.24) is 4.90 Å². The zero-order chi connectivity index (χ0) is 17.3. The normalized spacial score (nSPS) is 21.9. The summed E-state index contributed by atoms with van der Waals surface area (Å²) in [5.41, 5.74) is 3.34. The van der Waals surface area contributed by atoms with Crippen LogP contribution in [0, 0.1) is 5.41 Å². The molecule has 25 heavy (non-hydrogen) atoms. The molecule has 2 heterocycles. The maximum Gasteiger partial charge on any atom is 0.337 e. The summed E-state index contributed by atoms with van der Waals surface area (Å²) in [6, 6.07) is 18.5. The molecule has 0 aromatic heterocycles. The molecule has 0 amide bonds. The van der Waals surface area contributed by atoms with E-state index in [1.807, 2.05) is 18.2 Å². The van der Waals surface area contributed by atoms with Gasteiger partial charge in [-0.15, -0.1) is 0 Å². The Morgan fingerprint density at radius 2 is 2.00 bits per heavy atom. The van der Waals surface area contributed by atoms with Crippen molar-refractivity contribution in [3.8, 4) is 0 Å². The summed E-state index contributed by atoms with van der Waals surface area (Å²) in [7, 11) is 1.42. The van der Waals surface area contributed by atoms with Gasteiger partial charge in [-0.1, -0.05) is 42.5 Å². The van der Waals surface area contributed by atoms with E-state index in [0.717, 1.165) is 32.8 Å². The van der Waals surface area contributed by atoms with Gasteiger partial charge in [-0.3, -0.25) is 4.90 Å². The largest absolute Gasteiger partial charge is 0.465 e. The molecule has 2 fully saturated rings. The highest BCUT2D eigenvalue weighted by Crippen LogP contribution is 2.48. The molecule has 2 aromatic rings. The fraction of sp³-hybridized carbons (Fsp3) is 0.381. The van der Waals surface area contributed by atoms with Gasteiger partial charge in [0, 0.05) is 31.0 Å². The van der Waals surface area contributed by atoms with Crippen molar-refractivity contribution >= 4 is 5.97 Å². The summed E-state index contributed by atoms with van der Waals surface area (Å²) in [6.07, 6.45) is 0. The number of likely N-dealkylation sites (tertiary alicyclic amines) is 1. The van der Waals surface area contributed by atoms with Gasteiger partial charge >= 0.3 is 5.97 Å². The Kier molecular flexibility index (Phi) is 4.32. The highest BCUT2D eigenvalue weighted by Gasteiger charge is 2.52. The Hall–Kier alpha value is -2.17. The van der Waals surface area contributed by atoms with Crippen molar-refractivity contribution in [2.75, 3.05) is 33.4 Å². The average Bonchev–Trinajstić information content (AvgIpc) is 3.02. The summed E-state index contributed by atoms with van der Waals surface area (Å²) >= 11 is 0. The SMILES string of the molecule is COC(=O)c1cccc(C2CN(Cc3ccccc3)CC23COC3)c1. The number of esters is 1. The maximum absolute atomic E-state index is 11.9. The highest BCUT2D eigenvalue weighted by molar-refractivity contribution is 5.89. The van der Waals surface area contributed by atoms with Gasteiger partial charge in [-0.25, -0.2) is 4.79 Å². The van der Waals surface area contributed by atoms with Crippen LogP contribution in [0.4, 0.5) is 0 Å². The van der Waals surface area contributed by atoms with E-state index in [-0.39, 0.29) is 11.4 Å². The lowest BCUT2D eigenvalue weighted by atomic mass is 9.73. The molecule has 2 aliphatic rings. The second kappa shape index (κ2) is 6.62. The van der Waals surface area contributed by atoms with Crippen molar-refractivity contribution in [1.29, 1.82) is 0 Å². The molecule has 1 atom stereocenters. The summed E-state index contributed by atoms with van der Waals surface area (Å²) in [5.74, 6) is 0.106. The second-order valence-electron chi connectivity index (χ2n) is 7.18. The standard InChI is InChI=1S/C21H23NO3/c1-24-20(23)18-9-5-8-17(10-18)19-12-22(13-21(19)14-25-15-21)11-16-6-3-2-4-7-16/h2-10,19H,11-15H2,1H3. The van der Waals surface area contributed by atoms with Gasteiger partial charge in [-0.2, -0.15) is 0 Å². The summed E-state index contributed by atoms with van der Waals surface area (Å²) in [4.78, 5) is 14.4. The van der Waals surface area contributed by atoms with E-state index in [0.29, 0.717) is 11.5 Å². The van der Waals surface area contributed by atoms with Crippen molar-refractivity contribution in [2.24, 2.45) is 5.41 Å². The first-order valence-corrected chi connectivity index (χ1v) is 8.72. The first kappa shape index (κ1) is 16.3. The molecule has 0 N–H and O–H groups in total. The Morgan fingerprint density at radius 1 is 1.20 bits per heavy atom. The van der Waals surface area contributed by atoms with E-state index in [2.05, 4.69) is 41.3 Å². The van der Waals surface area contributed by atoms with Gasteiger partial charge in [0.2, 0.25) is 0 Å². The number of carbonyl (C=O) groups is 1. The third-order valence-corrected chi connectivity index (χ3v) is 5.46. The van der Waals surface area contributed by atoms with Gasteiger partial charge in [0.15, 0.2) is 0 Å². The molecule has 1 unspecified atom stereocenters. The molecular formula is C21H23NO3. The monoisotopic (exact) mass is 337 g/mol. The Bertz CT molecular complexity index is 755. The summed E-state index contributed by atoms with van der Waals surface area (Å²) in [6.45, 7) is 4.57. The zero-order valence-corrected chi connectivity index (χ0v) is 14.5. The van der Waals surface area contributed by atoms with Crippen molar-refractivity contribution < 1.29 is 14.3 Å². The van der Waals surface area contributed by atoms with Crippen molar-refractivity contribution in [3.63, 3.8) is 0 Å². The number of benzene rings is 2. The fourth-order valence-electron chi connectivity index (χ4n) is 4.15. The Morgan fingerprint density at radius 3 is 2.68 bits per heavy atom. The van der Waals surface area contributed by atoms with Crippen LogP contribution in [0.2, 0.25) is 0 Å². The number of hydrogen-bond donors (Lipinski definition) is 0. The topological polar surface area (TPSA) is 38.8 Å². The molecule has 2 aliphatic heterocycles. The quantitative estimate of drug-likeness (QED) is 0.804. The lowest BCUT2D eigenvalue weighted by Crippen LogP contribution is -2.47. The van der Waals surface area contributed by atoms with Crippen LogP contribution in [-0.4, -0.2) is 44.3 Å². The molecule has 130 valence electrons. The van der Waals surface area contributed by atoms with Gasteiger partial charge in [0.05, 0.1) is 25.9 Å². The van der Waals surface area contributed by atoms with Crippen LogP contribution < -0.4 is 0 Å². The van der Waals surface area contributed by atoms with E-state index in [1.54, 1.807) is 0 Å².